The Morgan fingerprint density at radius 2 is 2.10 bits per heavy atom. The Balaban J connectivity index is 1.89. The molecule has 5 nitrogen and oxygen atoms in total. The smallest absolute Gasteiger partial charge is 0.121 e. The summed E-state index contributed by atoms with van der Waals surface area (Å²) < 4.78 is 12.7. The van der Waals surface area contributed by atoms with Crippen LogP contribution in [0.25, 0.3) is 5.69 Å². The standard InChI is InChI=1S/C15H20N2O3/c1-12(2)19-10-14(18)11-20-15-6-3-5-13(9-15)17-8-4-7-16-17/h3-9,12,14,18H,10-11H2,1-2H3. The molecule has 0 spiro atoms. The van der Waals surface area contributed by atoms with E-state index >= 15 is 0 Å². The number of aliphatic hydroxyl groups is 1. The summed E-state index contributed by atoms with van der Waals surface area (Å²) in [4.78, 5) is 0. The average molecular weight is 276 g/mol. The Morgan fingerprint density at radius 3 is 2.80 bits per heavy atom. The minimum Gasteiger partial charge on any atom is -0.491 e. The van der Waals surface area contributed by atoms with E-state index in [0.717, 1.165) is 5.69 Å². The Kier molecular flexibility index (Phi) is 5.15. The third-order valence-corrected chi connectivity index (χ3v) is 2.65. The SMILES string of the molecule is CC(C)OCC(O)COc1cccc(-n2cccn2)c1. The Hall–Kier alpha value is -1.85. The van der Waals surface area contributed by atoms with Crippen molar-refractivity contribution in [2.45, 2.75) is 26.1 Å². The van der Waals surface area contributed by atoms with Gasteiger partial charge in [-0.1, -0.05) is 6.07 Å². The molecule has 1 atom stereocenters. The van der Waals surface area contributed by atoms with Crippen LogP contribution in [-0.4, -0.2) is 40.3 Å². The number of hydrogen-bond acceptors (Lipinski definition) is 4. The highest BCUT2D eigenvalue weighted by Gasteiger charge is 2.07. The van der Waals surface area contributed by atoms with E-state index in [1.54, 1.807) is 10.9 Å². The fourth-order valence-electron chi connectivity index (χ4n) is 1.68. The second kappa shape index (κ2) is 7.07. The molecule has 0 fully saturated rings. The Labute approximate surface area is 118 Å². The lowest BCUT2D eigenvalue weighted by Crippen LogP contribution is -2.25. The number of aromatic nitrogens is 2. The number of rotatable bonds is 7. The van der Waals surface area contributed by atoms with Gasteiger partial charge in [0.05, 0.1) is 18.4 Å². The number of benzene rings is 1. The summed E-state index contributed by atoms with van der Waals surface area (Å²) in [6.45, 7) is 4.34. The molecule has 2 rings (SSSR count). The first-order valence-corrected chi connectivity index (χ1v) is 6.67. The lowest BCUT2D eigenvalue weighted by molar-refractivity contribution is -0.0122. The third-order valence-electron chi connectivity index (χ3n) is 2.65. The highest BCUT2D eigenvalue weighted by atomic mass is 16.5. The number of nitrogens with zero attached hydrogens (tertiary/aromatic N) is 2. The van der Waals surface area contributed by atoms with E-state index in [1.165, 1.54) is 0 Å². The summed E-state index contributed by atoms with van der Waals surface area (Å²) in [7, 11) is 0. The molecule has 0 aliphatic carbocycles. The minimum atomic E-state index is -0.634. The van der Waals surface area contributed by atoms with Gasteiger partial charge in [0.15, 0.2) is 0 Å². The fourth-order valence-corrected chi connectivity index (χ4v) is 1.68. The highest BCUT2D eigenvalue weighted by Crippen LogP contribution is 2.16. The van der Waals surface area contributed by atoms with Gasteiger partial charge in [0.1, 0.15) is 18.5 Å². The maximum absolute atomic E-state index is 9.75. The average Bonchev–Trinajstić information content (AvgIpc) is 2.97. The second-order valence-corrected chi connectivity index (χ2v) is 4.79. The minimum absolute atomic E-state index is 0.104. The van der Waals surface area contributed by atoms with Crippen LogP contribution in [0.4, 0.5) is 0 Å². The third kappa shape index (κ3) is 4.36. The summed E-state index contributed by atoms with van der Waals surface area (Å²) in [6, 6.07) is 9.42. The molecular weight excluding hydrogens is 256 g/mol. The molecular formula is C15H20N2O3. The van der Waals surface area contributed by atoms with Crippen molar-refractivity contribution >= 4 is 0 Å². The van der Waals surface area contributed by atoms with E-state index in [9.17, 15) is 5.11 Å². The summed E-state index contributed by atoms with van der Waals surface area (Å²) in [5.74, 6) is 0.696. The molecule has 0 aliphatic heterocycles. The lowest BCUT2D eigenvalue weighted by atomic mass is 10.3. The van der Waals surface area contributed by atoms with Crippen molar-refractivity contribution in [3.8, 4) is 11.4 Å². The van der Waals surface area contributed by atoms with Gasteiger partial charge in [0.25, 0.3) is 0 Å². The van der Waals surface area contributed by atoms with Crippen LogP contribution >= 0.6 is 0 Å². The van der Waals surface area contributed by atoms with Crippen LogP contribution in [0.3, 0.4) is 0 Å². The summed E-state index contributed by atoms with van der Waals surface area (Å²) in [5, 5.41) is 13.9. The second-order valence-electron chi connectivity index (χ2n) is 4.79. The summed E-state index contributed by atoms with van der Waals surface area (Å²) >= 11 is 0. The molecule has 2 aromatic rings. The van der Waals surface area contributed by atoms with Gasteiger partial charge in [-0.15, -0.1) is 0 Å². The molecule has 0 radical (unpaired) electrons. The first kappa shape index (κ1) is 14.6. The molecule has 20 heavy (non-hydrogen) atoms. The monoisotopic (exact) mass is 276 g/mol. The topological polar surface area (TPSA) is 56.5 Å². The normalized spacial score (nSPS) is 12.6. The van der Waals surface area contributed by atoms with E-state index in [2.05, 4.69) is 5.10 Å². The molecule has 1 heterocycles. The predicted molar refractivity (Wildman–Crippen MR) is 76.2 cm³/mol. The molecule has 1 N–H and O–H groups in total. The van der Waals surface area contributed by atoms with Gasteiger partial charge in [0, 0.05) is 18.5 Å². The Bertz CT molecular complexity index is 512. The van der Waals surface area contributed by atoms with Gasteiger partial charge in [-0.05, 0) is 32.0 Å². The molecule has 108 valence electrons. The van der Waals surface area contributed by atoms with Crippen molar-refractivity contribution in [2.75, 3.05) is 13.2 Å². The molecule has 0 saturated carbocycles. The first-order chi connectivity index (χ1) is 9.65. The van der Waals surface area contributed by atoms with Gasteiger partial charge in [-0.3, -0.25) is 0 Å². The zero-order valence-electron chi connectivity index (χ0n) is 11.8. The van der Waals surface area contributed by atoms with Crippen LogP contribution in [0, 0.1) is 0 Å². The molecule has 0 aliphatic rings. The van der Waals surface area contributed by atoms with Gasteiger partial charge < -0.3 is 14.6 Å². The lowest BCUT2D eigenvalue weighted by Gasteiger charge is -2.14. The quantitative estimate of drug-likeness (QED) is 0.840. The Morgan fingerprint density at radius 1 is 1.25 bits per heavy atom. The number of aliphatic hydroxyl groups excluding tert-OH is 1. The van der Waals surface area contributed by atoms with Crippen LogP contribution in [0.5, 0.6) is 5.75 Å². The number of hydrogen-bond donors (Lipinski definition) is 1. The predicted octanol–water partition coefficient (Wildman–Crippen LogP) is 2.04. The molecule has 1 aromatic heterocycles. The van der Waals surface area contributed by atoms with E-state index < -0.39 is 6.10 Å². The first-order valence-electron chi connectivity index (χ1n) is 6.67. The van der Waals surface area contributed by atoms with Crippen molar-refractivity contribution in [1.82, 2.24) is 9.78 Å². The molecule has 1 unspecified atom stereocenters. The summed E-state index contributed by atoms with van der Waals surface area (Å²) in [6.07, 6.45) is 3.06. The van der Waals surface area contributed by atoms with Crippen LogP contribution in [0.1, 0.15) is 13.8 Å². The molecule has 1 aromatic carbocycles. The molecule has 0 bridgehead atoms. The van der Waals surface area contributed by atoms with Crippen LogP contribution in [-0.2, 0) is 4.74 Å². The molecule has 0 amide bonds. The molecule has 0 saturated heterocycles. The van der Waals surface area contributed by atoms with Crippen LogP contribution < -0.4 is 4.74 Å². The van der Waals surface area contributed by atoms with E-state index in [1.807, 2.05) is 50.4 Å². The summed E-state index contributed by atoms with van der Waals surface area (Å²) in [5.41, 5.74) is 0.917. The molecule has 5 heteroatoms. The van der Waals surface area contributed by atoms with Crippen molar-refractivity contribution < 1.29 is 14.6 Å². The zero-order valence-corrected chi connectivity index (χ0v) is 11.8. The van der Waals surface area contributed by atoms with Crippen LogP contribution in [0.2, 0.25) is 0 Å². The van der Waals surface area contributed by atoms with E-state index in [-0.39, 0.29) is 19.3 Å². The van der Waals surface area contributed by atoms with Gasteiger partial charge in [-0.25, -0.2) is 4.68 Å². The fraction of sp³-hybridized carbons (Fsp3) is 0.400. The van der Waals surface area contributed by atoms with Crippen LogP contribution in [0.15, 0.2) is 42.7 Å². The van der Waals surface area contributed by atoms with Crippen molar-refractivity contribution in [3.63, 3.8) is 0 Å². The van der Waals surface area contributed by atoms with Gasteiger partial charge in [-0.2, -0.15) is 5.10 Å². The highest BCUT2D eigenvalue weighted by molar-refractivity contribution is 5.38. The number of ether oxygens (including phenoxy) is 2. The largest absolute Gasteiger partial charge is 0.491 e. The van der Waals surface area contributed by atoms with Crippen molar-refractivity contribution in [3.05, 3.63) is 42.7 Å². The van der Waals surface area contributed by atoms with Gasteiger partial charge in [0.2, 0.25) is 0 Å². The zero-order chi connectivity index (χ0) is 14.4. The van der Waals surface area contributed by atoms with Crippen molar-refractivity contribution in [2.24, 2.45) is 0 Å². The maximum Gasteiger partial charge on any atom is 0.121 e. The van der Waals surface area contributed by atoms with E-state index in [0.29, 0.717) is 5.75 Å². The van der Waals surface area contributed by atoms with Gasteiger partial charge >= 0.3 is 0 Å². The van der Waals surface area contributed by atoms with E-state index in [4.69, 9.17) is 9.47 Å². The maximum atomic E-state index is 9.75. The van der Waals surface area contributed by atoms with Crippen molar-refractivity contribution in [1.29, 1.82) is 0 Å².